The number of halogens is 1. The lowest BCUT2D eigenvalue weighted by Crippen LogP contribution is -2.15. The van der Waals surface area contributed by atoms with Gasteiger partial charge in [-0.2, -0.15) is 0 Å². The van der Waals surface area contributed by atoms with E-state index in [0.717, 1.165) is 22.2 Å². The molecule has 0 radical (unpaired) electrons. The minimum Gasteiger partial charge on any atom is -0.307 e. The Morgan fingerprint density at radius 3 is 2.87 bits per heavy atom. The van der Waals surface area contributed by atoms with Crippen molar-refractivity contribution in [1.82, 2.24) is 9.38 Å². The van der Waals surface area contributed by atoms with Gasteiger partial charge in [-0.25, -0.2) is 4.98 Å². The Bertz CT molecular complexity index is 485. The molecule has 0 spiro atoms. The number of fused-ring (bicyclic) bond motifs is 1. The normalized spacial score (nSPS) is 12.3. The van der Waals surface area contributed by atoms with Crippen LogP contribution in [0.15, 0.2) is 29.0 Å². The second-order valence-electron chi connectivity index (χ2n) is 4.47. The van der Waals surface area contributed by atoms with Crippen LogP contribution in [-0.4, -0.2) is 9.38 Å². The summed E-state index contributed by atoms with van der Waals surface area (Å²) in [6, 6.07) is 4.06. The SMILES string of the molecule is CCC(C)(C)c1cn2ccc(Br)cc2n1. The van der Waals surface area contributed by atoms with Gasteiger partial charge in [0.05, 0.1) is 5.69 Å². The van der Waals surface area contributed by atoms with Crippen LogP contribution in [0.4, 0.5) is 0 Å². The lowest BCUT2D eigenvalue weighted by atomic mass is 9.87. The number of nitrogens with zero attached hydrogens (tertiary/aromatic N) is 2. The van der Waals surface area contributed by atoms with E-state index >= 15 is 0 Å². The van der Waals surface area contributed by atoms with Gasteiger partial charge in [-0.05, 0) is 18.6 Å². The highest BCUT2D eigenvalue weighted by Gasteiger charge is 2.21. The van der Waals surface area contributed by atoms with Gasteiger partial charge in [0, 0.05) is 22.3 Å². The Morgan fingerprint density at radius 2 is 2.20 bits per heavy atom. The van der Waals surface area contributed by atoms with E-state index in [-0.39, 0.29) is 5.41 Å². The summed E-state index contributed by atoms with van der Waals surface area (Å²) >= 11 is 3.46. The first-order chi connectivity index (χ1) is 7.03. The average molecular weight is 267 g/mol. The molecule has 2 heterocycles. The predicted octanol–water partition coefficient (Wildman–Crippen LogP) is 3.78. The highest BCUT2D eigenvalue weighted by atomic mass is 79.9. The molecule has 0 atom stereocenters. The molecule has 0 N–H and O–H groups in total. The van der Waals surface area contributed by atoms with Crippen LogP contribution in [0, 0.1) is 0 Å². The molecule has 2 aromatic heterocycles. The van der Waals surface area contributed by atoms with Gasteiger partial charge < -0.3 is 4.40 Å². The van der Waals surface area contributed by atoms with Crippen LogP contribution in [0.3, 0.4) is 0 Å². The van der Waals surface area contributed by atoms with Crippen molar-refractivity contribution in [1.29, 1.82) is 0 Å². The van der Waals surface area contributed by atoms with Gasteiger partial charge >= 0.3 is 0 Å². The van der Waals surface area contributed by atoms with Crippen LogP contribution in [0.5, 0.6) is 0 Å². The molecule has 2 aromatic rings. The maximum Gasteiger partial charge on any atom is 0.138 e. The van der Waals surface area contributed by atoms with Gasteiger partial charge in [0.2, 0.25) is 0 Å². The number of imidazole rings is 1. The number of hydrogen-bond donors (Lipinski definition) is 0. The Labute approximate surface area is 98.5 Å². The zero-order valence-electron chi connectivity index (χ0n) is 9.29. The molecule has 0 fully saturated rings. The summed E-state index contributed by atoms with van der Waals surface area (Å²) in [5.41, 5.74) is 2.31. The summed E-state index contributed by atoms with van der Waals surface area (Å²) in [5.74, 6) is 0. The number of aromatic nitrogens is 2. The smallest absolute Gasteiger partial charge is 0.138 e. The number of rotatable bonds is 2. The molecular formula is C12H15BrN2. The summed E-state index contributed by atoms with van der Waals surface area (Å²) < 4.78 is 3.14. The van der Waals surface area contributed by atoms with E-state index in [1.807, 2.05) is 18.3 Å². The second-order valence-corrected chi connectivity index (χ2v) is 5.39. The van der Waals surface area contributed by atoms with Crippen molar-refractivity contribution in [2.45, 2.75) is 32.6 Å². The topological polar surface area (TPSA) is 17.3 Å². The quantitative estimate of drug-likeness (QED) is 0.809. The van der Waals surface area contributed by atoms with Crippen molar-refractivity contribution in [3.8, 4) is 0 Å². The molecule has 0 aliphatic rings. The van der Waals surface area contributed by atoms with E-state index in [0.29, 0.717) is 0 Å². The van der Waals surface area contributed by atoms with Crippen molar-refractivity contribution in [3.05, 3.63) is 34.7 Å². The molecule has 0 saturated heterocycles. The molecule has 0 amide bonds. The van der Waals surface area contributed by atoms with Gasteiger partial charge in [-0.3, -0.25) is 0 Å². The van der Waals surface area contributed by atoms with E-state index in [2.05, 4.69) is 52.3 Å². The van der Waals surface area contributed by atoms with Crippen molar-refractivity contribution in [3.63, 3.8) is 0 Å². The summed E-state index contributed by atoms with van der Waals surface area (Å²) in [5, 5.41) is 0. The zero-order chi connectivity index (χ0) is 11.1. The predicted molar refractivity (Wildman–Crippen MR) is 66.2 cm³/mol. The van der Waals surface area contributed by atoms with Crippen LogP contribution < -0.4 is 0 Å². The molecule has 3 heteroatoms. The van der Waals surface area contributed by atoms with Crippen LogP contribution >= 0.6 is 15.9 Å². The van der Waals surface area contributed by atoms with Crippen LogP contribution in [0.25, 0.3) is 5.65 Å². The molecule has 0 unspecified atom stereocenters. The van der Waals surface area contributed by atoms with Gasteiger partial charge in [0.1, 0.15) is 5.65 Å². The van der Waals surface area contributed by atoms with Gasteiger partial charge in [-0.15, -0.1) is 0 Å². The minimum absolute atomic E-state index is 0.151. The number of pyridine rings is 1. The van der Waals surface area contributed by atoms with E-state index in [1.54, 1.807) is 0 Å². The molecule has 0 aromatic carbocycles. The molecule has 0 saturated carbocycles. The van der Waals surface area contributed by atoms with Crippen molar-refractivity contribution in [2.75, 3.05) is 0 Å². The highest BCUT2D eigenvalue weighted by molar-refractivity contribution is 9.10. The Balaban J connectivity index is 2.56. The van der Waals surface area contributed by atoms with Gasteiger partial charge in [0.25, 0.3) is 0 Å². The average Bonchev–Trinajstić information content (AvgIpc) is 2.61. The third kappa shape index (κ3) is 1.93. The van der Waals surface area contributed by atoms with Crippen LogP contribution in [-0.2, 0) is 5.41 Å². The monoisotopic (exact) mass is 266 g/mol. The largest absolute Gasteiger partial charge is 0.307 e. The molecule has 15 heavy (non-hydrogen) atoms. The molecule has 2 rings (SSSR count). The third-order valence-corrected chi connectivity index (χ3v) is 3.49. The molecule has 0 aliphatic heterocycles. The standard InChI is InChI=1S/C12H15BrN2/c1-4-12(2,3)10-8-15-6-5-9(13)7-11(15)14-10/h5-8H,4H2,1-3H3. The maximum absolute atomic E-state index is 4.65. The van der Waals surface area contributed by atoms with E-state index in [4.69, 9.17) is 0 Å². The van der Waals surface area contributed by atoms with Crippen LogP contribution in [0.1, 0.15) is 32.9 Å². The molecule has 0 aliphatic carbocycles. The van der Waals surface area contributed by atoms with Crippen LogP contribution in [0.2, 0.25) is 0 Å². The third-order valence-electron chi connectivity index (χ3n) is 3.00. The summed E-state index contributed by atoms with van der Waals surface area (Å²) in [4.78, 5) is 4.65. The van der Waals surface area contributed by atoms with Crippen molar-refractivity contribution < 1.29 is 0 Å². The summed E-state index contributed by atoms with van der Waals surface area (Å²) in [6.07, 6.45) is 5.24. The van der Waals surface area contributed by atoms with Gasteiger partial charge in [-0.1, -0.05) is 36.7 Å². The Morgan fingerprint density at radius 1 is 1.47 bits per heavy atom. The lowest BCUT2D eigenvalue weighted by Gasteiger charge is -2.19. The first-order valence-corrected chi connectivity index (χ1v) is 5.97. The van der Waals surface area contributed by atoms with E-state index in [9.17, 15) is 0 Å². The first-order valence-electron chi connectivity index (χ1n) is 5.17. The fraction of sp³-hybridized carbons (Fsp3) is 0.417. The molecule has 2 nitrogen and oxygen atoms in total. The summed E-state index contributed by atoms with van der Waals surface area (Å²) in [7, 11) is 0. The molecule has 80 valence electrons. The fourth-order valence-corrected chi connectivity index (χ4v) is 1.79. The van der Waals surface area contributed by atoms with E-state index in [1.165, 1.54) is 0 Å². The Kier molecular flexibility index (Phi) is 2.59. The molecular weight excluding hydrogens is 252 g/mol. The highest BCUT2D eigenvalue weighted by Crippen LogP contribution is 2.26. The maximum atomic E-state index is 4.65. The molecule has 0 bridgehead atoms. The van der Waals surface area contributed by atoms with Gasteiger partial charge in [0.15, 0.2) is 0 Å². The van der Waals surface area contributed by atoms with Crippen molar-refractivity contribution in [2.24, 2.45) is 0 Å². The zero-order valence-corrected chi connectivity index (χ0v) is 10.9. The van der Waals surface area contributed by atoms with E-state index < -0.39 is 0 Å². The lowest BCUT2D eigenvalue weighted by molar-refractivity contribution is 0.493. The van der Waals surface area contributed by atoms with Crippen molar-refractivity contribution >= 4 is 21.6 Å². The minimum atomic E-state index is 0.151. The first kappa shape index (κ1) is 10.7. The fourth-order valence-electron chi connectivity index (χ4n) is 1.46. The number of hydrogen-bond acceptors (Lipinski definition) is 1. The Hall–Kier alpha value is -0.830. The summed E-state index contributed by atoms with van der Waals surface area (Å²) in [6.45, 7) is 6.65. The second kappa shape index (κ2) is 3.63.